The van der Waals surface area contributed by atoms with Crippen LogP contribution in [-0.4, -0.2) is 26.4 Å². The Labute approximate surface area is 154 Å². The normalized spacial score (nSPS) is 10.7. The van der Waals surface area contributed by atoms with Gasteiger partial charge in [-0.05, 0) is 31.2 Å². The summed E-state index contributed by atoms with van der Waals surface area (Å²) < 4.78 is 15.5. The van der Waals surface area contributed by atoms with Crippen LogP contribution in [0.2, 0.25) is 0 Å². The minimum atomic E-state index is -0.466. The van der Waals surface area contributed by atoms with Crippen molar-refractivity contribution in [2.45, 2.75) is 18.6 Å². The number of carbonyl (C=O) groups excluding carboxylic acids is 1. The number of carbonyl (C=O) groups is 1. The molecule has 0 aliphatic heterocycles. The lowest BCUT2D eigenvalue weighted by atomic mass is 10.2. The zero-order valence-electron chi connectivity index (χ0n) is 14.1. The van der Waals surface area contributed by atoms with Gasteiger partial charge in [-0.3, -0.25) is 4.79 Å². The minimum Gasteiger partial charge on any atom is -0.399 e. The van der Waals surface area contributed by atoms with Crippen LogP contribution in [0.25, 0.3) is 11.4 Å². The van der Waals surface area contributed by atoms with Gasteiger partial charge < -0.3 is 15.6 Å². The molecule has 0 radical (unpaired) electrons. The number of para-hydroxylation sites is 1. The molecular weight excluding hydrogens is 353 g/mol. The number of aromatic nitrogens is 3. The fourth-order valence-corrected chi connectivity index (χ4v) is 3.25. The Kier molecular flexibility index (Phi) is 5.52. The van der Waals surface area contributed by atoms with E-state index in [0.29, 0.717) is 23.2 Å². The molecule has 6 nitrogen and oxygen atoms in total. The first-order valence-corrected chi connectivity index (χ1v) is 9.03. The molecule has 0 spiro atoms. The van der Waals surface area contributed by atoms with Crippen molar-refractivity contribution in [3.05, 3.63) is 54.3 Å². The van der Waals surface area contributed by atoms with E-state index in [1.807, 2.05) is 29.7 Å². The highest BCUT2D eigenvalue weighted by atomic mass is 32.2. The van der Waals surface area contributed by atoms with E-state index < -0.39 is 5.82 Å². The average Bonchev–Trinajstić information content (AvgIpc) is 3.05. The third-order valence-electron chi connectivity index (χ3n) is 3.66. The van der Waals surface area contributed by atoms with E-state index in [1.165, 1.54) is 23.9 Å². The van der Waals surface area contributed by atoms with Crippen molar-refractivity contribution < 1.29 is 9.18 Å². The molecule has 134 valence electrons. The highest BCUT2D eigenvalue weighted by Gasteiger charge is 2.15. The van der Waals surface area contributed by atoms with Crippen LogP contribution in [-0.2, 0) is 11.3 Å². The molecule has 3 aromatic rings. The molecule has 0 aliphatic carbocycles. The summed E-state index contributed by atoms with van der Waals surface area (Å²) in [5.74, 6) is 0.0169. The predicted octanol–water partition coefficient (Wildman–Crippen LogP) is 3.42. The number of thioether (sulfide) groups is 1. The molecular formula is C18H18FN5OS. The maximum Gasteiger partial charge on any atom is 0.234 e. The highest BCUT2D eigenvalue weighted by molar-refractivity contribution is 7.99. The number of anilines is 2. The summed E-state index contributed by atoms with van der Waals surface area (Å²) in [5.41, 5.74) is 7.50. The Hall–Kier alpha value is -2.87. The largest absolute Gasteiger partial charge is 0.399 e. The number of benzene rings is 2. The minimum absolute atomic E-state index is 0.101. The third kappa shape index (κ3) is 4.02. The summed E-state index contributed by atoms with van der Waals surface area (Å²) in [6.45, 7) is 2.62. The second-order valence-electron chi connectivity index (χ2n) is 5.49. The summed E-state index contributed by atoms with van der Waals surface area (Å²) in [4.78, 5) is 12.1. The number of nitrogens with one attached hydrogen (secondary N) is 1. The summed E-state index contributed by atoms with van der Waals surface area (Å²) in [7, 11) is 0. The van der Waals surface area contributed by atoms with Crippen LogP contribution >= 0.6 is 11.8 Å². The maximum atomic E-state index is 13.6. The lowest BCUT2D eigenvalue weighted by molar-refractivity contribution is -0.113. The molecule has 1 amide bonds. The first-order chi connectivity index (χ1) is 12.6. The van der Waals surface area contributed by atoms with Crippen molar-refractivity contribution in [3.63, 3.8) is 0 Å². The summed E-state index contributed by atoms with van der Waals surface area (Å²) in [6, 6.07) is 13.5. The van der Waals surface area contributed by atoms with E-state index >= 15 is 0 Å². The predicted molar refractivity (Wildman–Crippen MR) is 101 cm³/mol. The SMILES string of the molecule is CCn1c(SCC(=O)Nc2ccccc2F)nnc1-c1cccc(N)c1. The van der Waals surface area contributed by atoms with Crippen molar-refractivity contribution in [3.8, 4) is 11.4 Å². The standard InChI is InChI=1S/C18H18FN5OS/c1-2-24-17(12-6-5-7-13(20)10-12)22-23-18(24)26-11-16(25)21-15-9-4-3-8-14(15)19/h3-10H,2,11,20H2,1H3,(H,21,25). The molecule has 1 aromatic heterocycles. The van der Waals surface area contributed by atoms with Crippen LogP contribution in [0.1, 0.15) is 6.92 Å². The Morgan fingerprint density at radius 1 is 1.23 bits per heavy atom. The van der Waals surface area contributed by atoms with Gasteiger partial charge in [-0.15, -0.1) is 10.2 Å². The molecule has 3 N–H and O–H groups in total. The molecule has 8 heteroatoms. The second-order valence-corrected chi connectivity index (χ2v) is 6.44. The smallest absolute Gasteiger partial charge is 0.234 e. The highest BCUT2D eigenvalue weighted by Crippen LogP contribution is 2.25. The van der Waals surface area contributed by atoms with E-state index in [-0.39, 0.29) is 17.3 Å². The number of hydrogen-bond donors (Lipinski definition) is 2. The van der Waals surface area contributed by atoms with Gasteiger partial charge in [0.2, 0.25) is 5.91 Å². The van der Waals surface area contributed by atoms with Gasteiger partial charge in [0.05, 0.1) is 11.4 Å². The number of rotatable bonds is 6. The van der Waals surface area contributed by atoms with Crippen molar-refractivity contribution in [2.75, 3.05) is 16.8 Å². The number of nitrogen functional groups attached to an aromatic ring is 1. The zero-order valence-corrected chi connectivity index (χ0v) is 15.0. The first kappa shape index (κ1) is 17.9. The fourth-order valence-electron chi connectivity index (χ4n) is 2.45. The Bertz CT molecular complexity index is 927. The van der Waals surface area contributed by atoms with Crippen LogP contribution in [0.4, 0.5) is 15.8 Å². The Balaban J connectivity index is 1.71. The number of halogens is 1. The van der Waals surface area contributed by atoms with Gasteiger partial charge in [0.15, 0.2) is 11.0 Å². The Morgan fingerprint density at radius 3 is 2.77 bits per heavy atom. The number of nitrogens with two attached hydrogens (primary N) is 1. The van der Waals surface area contributed by atoms with Gasteiger partial charge in [-0.2, -0.15) is 0 Å². The summed E-state index contributed by atoms with van der Waals surface area (Å²) in [5, 5.41) is 11.6. The lowest BCUT2D eigenvalue weighted by Crippen LogP contribution is -2.15. The van der Waals surface area contributed by atoms with Gasteiger partial charge in [0.25, 0.3) is 0 Å². The molecule has 0 saturated carbocycles. The van der Waals surface area contributed by atoms with Crippen LogP contribution in [0.3, 0.4) is 0 Å². The van der Waals surface area contributed by atoms with E-state index in [0.717, 1.165) is 5.56 Å². The molecule has 0 atom stereocenters. The van der Waals surface area contributed by atoms with Gasteiger partial charge in [-0.25, -0.2) is 4.39 Å². The van der Waals surface area contributed by atoms with Crippen LogP contribution < -0.4 is 11.1 Å². The van der Waals surface area contributed by atoms with Crippen molar-refractivity contribution in [2.24, 2.45) is 0 Å². The van der Waals surface area contributed by atoms with Gasteiger partial charge in [0.1, 0.15) is 5.82 Å². The monoisotopic (exact) mass is 371 g/mol. The zero-order chi connectivity index (χ0) is 18.5. The number of nitrogens with zero attached hydrogens (tertiary/aromatic N) is 3. The van der Waals surface area contributed by atoms with Crippen LogP contribution in [0.15, 0.2) is 53.7 Å². The van der Waals surface area contributed by atoms with Gasteiger partial charge in [0, 0.05) is 17.8 Å². The number of amides is 1. The average molecular weight is 371 g/mol. The molecule has 0 unspecified atom stereocenters. The van der Waals surface area contributed by atoms with Crippen molar-refractivity contribution >= 4 is 29.0 Å². The number of hydrogen-bond acceptors (Lipinski definition) is 5. The van der Waals surface area contributed by atoms with Crippen molar-refractivity contribution in [1.29, 1.82) is 0 Å². The maximum absolute atomic E-state index is 13.6. The lowest BCUT2D eigenvalue weighted by Gasteiger charge is -2.08. The summed E-state index contributed by atoms with van der Waals surface area (Å²) in [6.07, 6.45) is 0. The fraction of sp³-hybridized carbons (Fsp3) is 0.167. The molecule has 0 bridgehead atoms. The third-order valence-corrected chi connectivity index (χ3v) is 4.62. The molecule has 2 aromatic carbocycles. The molecule has 3 rings (SSSR count). The van der Waals surface area contributed by atoms with Gasteiger partial charge >= 0.3 is 0 Å². The summed E-state index contributed by atoms with van der Waals surface area (Å²) >= 11 is 1.25. The van der Waals surface area contributed by atoms with Crippen LogP contribution in [0.5, 0.6) is 0 Å². The molecule has 0 fully saturated rings. The van der Waals surface area contributed by atoms with E-state index in [4.69, 9.17) is 5.73 Å². The second kappa shape index (κ2) is 8.01. The Morgan fingerprint density at radius 2 is 2.04 bits per heavy atom. The first-order valence-electron chi connectivity index (χ1n) is 8.04. The quantitative estimate of drug-likeness (QED) is 0.512. The van der Waals surface area contributed by atoms with E-state index in [9.17, 15) is 9.18 Å². The molecule has 26 heavy (non-hydrogen) atoms. The van der Waals surface area contributed by atoms with E-state index in [2.05, 4.69) is 15.5 Å². The van der Waals surface area contributed by atoms with E-state index in [1.54, 1.807) is 18.2 Å². The molecule has 1 heterocycles. The van der Waals surface area contributed by atoms with Crippen molar-refractivity contribution in [1.82, 2.24) is 14.8 Å². The molecule has 0 saturated heterocycles. The topological polar surface area (TPSA) is 85.8 Å². The van der Waals surface area contributed by atoms with Crippen LogP contribution in [0, 0.1) is 5.82 Å². The van der Waals surface area contributed by atoms with Gasteiger partial charge in [-0.1, -0.05) is 36.0 Å². The molecule has 0 aliphatic rings.